The third-order valence-corrected chi connectivity index (χ3v) is 4.62. The lowest BCUT2D eigenvalue weighted by Gasteiger charge is -2.26. The van der Waals surface area contributed by atoms with Crippen LogP contribution in [0.1, 0.15) is 45.4 Å². The van der Waals surface area contributed by atoms with Crippen LogP contribution < -0.4 is 5.73 Å². The molecule has 16 heavy (non-hydrogen) atoms. The minimum absolute atomic E-state index is 0.180. The van der Waals surface area contributed by atoms with E-state index in [-0.39, 0.29) is 5.92 Å². The second kappa shape index (κ2) is 6.50. The molecule has 0 aliphatic heterocycles. The first-order valence-electron chi connectivity index (χ1n) is 6.21. The summed E-state index contributed by atoms with van der Waals surface area (Å²) in [6, 6.07) is 0. The number of carbonyl (C=O) groups is 1. The average molecular weight is 245 g/mol. The molecule has 1 rings (SSSR count). The summed E-state index contributed by atoms with van der Waals surface area (Å²) in [4.78, 5) is 11.1. The van der Waals surface area contributed by atoms with Crippen molar-refractivity contribution in [3.8, 4) is 0 Å². The molecule has 2 unspecified atom stereocenters. The van der Waals surface area contributed by atoms with E-state index in [9.17, 15) is 4.79 Å². The average Bonchev–Trinajstić information content (AvgIpc) is 2.61. The van der Waals surface area contributed by atoms with Gasteiger partial charge < -0.3 is 10.8 Å². The summed E-state index contributed by atoms with van der Waals surface area (Å²) in [5, 5.41) is 9.15. The number of nitrogens with two attached hydrogens (primary N) is 1. The molecule has 0 aromatic carbocycles. The fourth-order valence-corrected chi connectivity index (χ4v) is 3.51. The quantitative estimate of drug-likeness (QED) is 0.676. The highest BCUT2D eigenvalue weighted by molar-refractivity contribution is 7.99. The van der Waals surface area contributed by atoms with Gasteiger partial charge in [-0.05, 0) is 43.1 Å². The number of carboxylic acids is 1. The number of rotatable bonds is 7. The molecular weight excluding hydrogens is 222 g/mol. The third kappa shape index (κ3) is 3.39. The van der Waals surface area contributed by atoms with Crippen LogP contribution in [0.4, 0.5) is 0 Å². The highest BCUT2D eigenvalue weighted by Gasteiger charge is 2.45. The summed E-state index contributed by atoms with van der Waals surface area (Å²) >= 11 is 1.93. The van der Waals surface area contributed by atoms with Crippen molar-refractivity contribution in [2.45, 2.75) is 51.0 Å². The minimum Gasteiger partial charge on any atom is -0.480 e. The van der Waals surface area contributed by atoms with Gasteiger partial charge in [-0.3, -0.25) is 4.79 Å². The second-order valence-electron chi connectivity index (χ2n) is 4.69. The van der Waals surface area contributed by atoms with Gasteiger partial charge in [0.2, 0.25) is 0 Å². The van der Waals surface area contributed by atoms with Crippen LogP contribution in [0.2, 0.25) is 0 Å². The zero-order chi connectivity index (χ0) is 12.0. The summed E-state index contributed by atoms with van der Waals surface area (Å²) in [6.45, 7) is 2.19. The Labute approximate surface area is 102 Å². The smallest absolute Gasteiger partial charge is 0.323 e. The Kier molecular flexibility index (Phi) is 5.62. The third-order valence-electron chi connectivity index (χ3n) is 3.52. The Morgan fingerprint density at radius 2 is 2.31 bits per heavy atom. The summed E-state index contributed by atoms with van der Waals surface area (Å²) in [5.41, 5.74) is 5.04. The van der Waals surface area contributed by atoms with Crippen LogP contribution in [0.3, 0.4) is 0 Å². The monoisotopic (exact) mass is 245 g/mol. The standard InChI is InChI=1S/C12H23NO2S/c1-2-3-8-16-9-6-10-5-4-7-12(10,13)11(14)15/h10H,2-9,13H2,1H3,(H,14,15). The minimum atomic E-state index is -0.939. The lowest BCUT2D eigenvalue weighted by atomic mass is 9.86. The Morgan fingerprint density at radius 3 is 2.94 bits per heavy atom. The van der Waals surface area contributed by atoms with Gasteiger partial charge >= 0.3 is 5.97 Å². The fourth-order valence-electron chi connectivity index (χ4n) is 2.36. The van der Waals surface area contributed by atoms with Crippen molar-refractivity contribution < 1.29 is 9.90 Å². The zero-order valence-corrected chi connectivity index (χ0v) is 10.9. The van der Waals surface area contributed by atoms with Crippen molar-refractivity contribution in [2.75, 3.05) is 11.5 Å². The topological polar surface area (TPSA) is 63.3 Å². The largest absolute Gasteiger partial charge is 0.480 e. The van der Waals surface area contributed by atoms with E-state index < -0.39 is 11.5 Å². The lowest BCUT2D eigenvalue weighted by Crippen LogP contribution is -2.51. The molecule has 4 heteroatoms. The van der Waals surface area contributed by atoms with Crippen LogP contribution in [-0.2, 0) is 4.79 Å². The molecule has 2 atom stereocenters. The molecule has 3 N–H and O–H groups in total. The number of hydrogen-bond donors (Lipinski definition) is 2. The van der Waals surface area contributed by atoms with Gasteiger partial charge in [0.1, 0.15) is 5.54 Å². The summed E-state index contributed by atoms with van der Waals surface area (Å²) in [6.07, 6.45) is 6.03. The highest BCUT2D eigenvalue weighted by Crippen LogP contribution is 2.36. The normalized spacial score (nSPS) is 29.5. The van der Waals surface area contributed by atoms with Crippen molar-refractivity contribution in [3.63, 3.8) is 0 Å². The van der Waals surface area contributed by atoms with Crippen LogP contribution in [0.15, 0.2) is 0 Å². The lowest BCUT2D eigenvalue weighted by molar-refractivity contribution is -0.144. The molecule has 0 aromatic heterocycles. The molecule has 0 radical (unpaired) electrons. The van der Waals surface area contributed by atoms with Gasteiger partial charge in [-0.1, -0.05) is 19.8 Å². The first kappa shape index (κ1) is 13.8. The van der Waals surface area contributed by atoms with Gasteiger partial charge in [-0.25, -0.2) is 0 Å². The van der Waals surface area contributed by atoms with Crippen molar-refractivity contribution in [1.29, 1.82) is 0 Å². The number of unbranched alkanes of at least 4 members (excludes halogenated alkanes) is 1. The zero-order valence-electron chi connectivity index (χ0n) is 10.1. The number of aliphatic carboxylic acids is 1. The van der Waals surface area contributed by atoms with Crippen LogP contribution in [-0.4, -0.2) is 28.1 Å². The second-order valence-corrected chi connectivity index (χ2v) is 5.91. The molecule has 0 aromatic rings. The Balaban J connectivity index is 2.28. The molecule has 0 heterocycles. The Bertz CT molecular complexity index is 235. The van der Waals surface area contributed by atoms with E-state index in [0.29, 0.717) is 6.42 Å². The van der Waals surface area contributed by atoms with E-state index >= 15 is 0 Å². The van der Waals surface area contributed by atoms with E-state index in [1.54, 1.807) is 0 Å². The van der Waals surface area contributed by atoms with Gasteiger partial charge in [0.05, 0.1) is 0 Å². The van der Waals surface area contributed by atoms with Crippen LogP contribution in [0, 0.1) is 5.92 Å². The van der Waals surface area contributed by atoms with Crippen molar-refractivity contribution in [1.82, 2.24) is 0 Å². The molecule has 1 saturated carbocycles. The van der Waals surface area contributed by atoms with Crippen molar-refractivity contribution >= 4 is 17.7 Å². The Morgan fingerprint density at radius 1 is 1.56 bits per heavy atom. The van der Waals surface area contributed by atoms with E-state index in [4.69, 9.17) is 10.8 Å². The molecule has 1 aliphatic rings. The molecule has 0 saturated heterocycles. The first-order valence-corrected chi connectivity index (χ1v) is 7.36. The van der Waals surface area contributed by atoms with Crippen LogP contribution in [0.5, 0.6) is 0 Å². The van der Waals surface area contributed by atoms with Crippen molar-refractivity contribution in [2.24, 2.45) is 11.7 Å². The number of hydrogen-bond acceptors (Lipinski definition) is 3. The molecule has 3 nitrogen and oxygen atoms in total. The highest BCUT2D eigenvalue weighted by atomic mass is 32.2. The van der Waals surface area contributed by atoms with E-state index in [0.717, 1.165) is 25.0 Å². The maximum absolute atomic E-state index is 11.1. The molecular formula is C12H23NO2S. The van der Waals surface area contributed by atoms with Crippen LogP contribution >= 0.6 is 11.8 Å². The SMILES string of the molecule is CCCCSCCC1CCCC1(N)C(=O)O. The maximum Gasteiger partial charge on any atom is 0.323 e. The van der Waals surface area contributed by atoms with E-state index in [1.165, 1.54) is 18.6 Å². The molecule has 1 aliphatic carbocycles. The molecule has 0 amide bonds. The van der Waals surface area contributed by atoms with Gasteiger partial charge in [0.25, 0.3) is 0 Å². The van der Waals surface area contributed by atoms with Crippen molar-refractivity contribution in [3.05, 3.63) is 0 Å². The first-order chi connectivity index (χ1) is 7.61. The van der Waals surface area contributed by atoms with Crippen LogP contribution in [0.25, 0.3) is 0 Å². The van der Waals surface area contributed by atoms with E-state index in [1.807, 2.05) is 11.8 Å². The molecule has 0 spiro atoms. The maximum atomic E-state index is 11.1. The molecule has 94 valence electrons. The summed E-state index contributed by atoms with van der Waals surface area (Å²) in [7, 11) is 0. The van der Waals surface area contributed by atoms with Gasteiger partial charge in [-0.15, -0.1) is 0 Å². The van der Waals surface area contributed by atoms with Gasteiger partial charge in [0.15, 0.2) is 0 Å². The summed E-state index contributed by atoms with van der Waals surface area (Å²) in [5.74, 6) is 1.61. The number of carboxylic acid groups (broad SMARTS) is 1. The predicted octanol–water partition coefficient (Wildman–Crippen LogP) is 2.49. The predicted molar refractivity (Wildman–Crippen MR) is 68.7 cm³/mol. The molecule has 1 fully saturated rings. The van der Waals surface area contributed by atoms with E-state index in [2.05, 4.69) is 6.92 Å². The summed E-state index contributed by atoms with van der Waals surface area (Å²) < 4.78 is 0. The van der Waals surface area contributed by atoms with Gasteiger partial charge in [-0.2, -0.15) is 11.8 Å². The Hall–Kier alpha value is -0.220. The van der Waals surface area contributed by atoms with Gasteiger partial charge in [0, 0.05) is 0 Å². The molecule has 0 bridgehead atoms. The number of thioether (sulfide) groups is 1. The fraction of sp³-hybridized carbons (Fsp3) is 0.917.